The Hall–Kier alpha value is -2.75. The van der Waals surface area contributed by atoms with Crippen molar-refractivity contribution in [3.63, 3.8) is 0 Å². The van der Waals surface area contributed by atoms with Crippen molar-refractivity contribution in [3.8, 4) is 0 Å². The average molecular weight is 446 g/mol. The predicted molar refractivity (Wildman–Crippen MR) is 114 cm³/mol. The molecule has 1 N–H and O–H groups in total. The minimum atomic E-state index is -0.195. The Morgan fingerprint density at radius 1 is 1.07 bits per heavy atom. The molecule has 0 unspecified atom stereocenters. The minimum Gasteiger partial charge on any atom is -0.325 e. The molecule has 0 aliphatic carbocycles. The first-order valence-corrected chi connectivity index (χ1v) is 10.3. The summed E-state index contributed by atoms with van der Waals surface area (Å²) in [5.41, 5.74) is 2.63. The highest BCUT2D eigenvalue weighted by molar-refractivity contribution is 7.99. The molecule has 5 aromatic rings. The summed E-state index contributed by atoms with van der Waals surface area (Å²) in [5.74, 6) is 1.30. The number of benzene rings is 2. The van der Waals surface area contributed by atoms with Crippen molar-refractivity contribution < 1.29 is 4.79 Å². The van der Waals surface area contributed by atoms with E-state index in [1.54, 1.807) is 22.7 Å². The first-order chi connectivity index (χ1) is 14.0. The van der Waals surface area contributed by atoms with Gasteiger partial charge in [0.15, 0.2) is 0 Å². The number of nitrogens with one attached hydrogen (secondary N) is 1. The van der Waals surface area contributed by atoms with Gasteiger partial charge in [-0.15, -0.1) is 15.3 Å². The fraction of sp³-hybridized carbons (Fsp3) is 0.111. The number of hydrogen-bond acceptors (Lipinski definition) is 5. The van der Waals surface area contributed by atoms with E-state index in [0.29, 0.717) is 26.7 Å². The van der Waals surface area contributed by atoms with Gasteiger partial charge in [0.25, 0.3) is 5.78 Å². The highest BCUT2D eigenvalue weighted by Gasteiger charge is 2.19. The summed E-state index contributed by atoms with van der Waals surface area (Å²) < 4.78 is 5.59. The van der Waals surface area contributed by atoms with Gasteiger partial charge in [-0.05, 0) is 30.3 Å². The van der Waals surface area contributed by atoms with Gasteiger partial charge in [0.05, 0.1) is 26.8 Å². The molecule has 3 aromatic heterocycles. The number of aryl methyl sites for hydroxylation is 1. The van der Waals surface area contributed by atoms with Crippen LogP contribution >= 0.6 is 35.0 Å². The SMILES string of the molecule is Cn1c2ccccc2n2c1nn1c(SCC(=O)Nc3ccc(Cl)c(Cl)c3)nnc12. The van der Waals surface area contributed by atoms with Crippen molar-refractivity contribution in [2.75, 3.05) is 11.1 Å². The van der Waals surface area contributed by atoms with E-state index >= 15 is 0 Å². The molecule has 2 aromatic carbocycles. The maximum Gasteiger partial charge on any atom is 0.260 e. The third-order valence-corrected chi connectivity index (χ3v) is 6.16. The summed E-state index contributed by atoms with van der Waals surface area (Å²) in [5, 5.41) is 17.2. The number of carbonyl (C=O) groups is 1. The van der Waals surface area contributed by atoms with E-state index in [4.69, 9.17) is 23.2 Å². The molecule has 11 heteroatoms. The molecule has 3 heterocycles. The van der Waals surface area contributed by atoms with Crippen LogP contribution in [0.5, 0.6) is 0 Å². The molecular formula is C18H13Cl2N7OS. The molecule has 0 aliphatic heterocycles. The van der Waals surface area contributed by atoms with Crippen LogP contribution in [-0.4, -0.2) is 40.4 Å². The van der Waals surface area contributed by atoms with Gasteiger partial charge in [-0.1, -0.05) is 47.1 Å². The Balaban J connectivity index is 1.40. The standard InChI is InChI=1S/C18H13Cl2N7OS/c1-25-13-4-2-3-5-14(13)26-16-22-23-18(27(16)24-17(25)26)29-9-15(28)21-10-6-7-11(19)12(20)8-10/h2-8H,9H2,1H3,(H,21,28). The lowest BCUT2D eigenvalue weighted by molar-refractivity contribution is -0.113. The van der Waals surface area contributed by atoms with Crippen LogP contribution in [0.1, 0.15) is 0 Å². The third kappa shape index (κ3) is 3.02. The molecule has 29 heavy (non-hydrogen) atoms. The Labute approximate surface area is 178 Å². The highest BCUT2D eigenvalue weighted by atomic mass is 35.5. The van der Waals surface area contributed by atoms with E-state index in [-0.39, 0.29) is 11.7 Å². The molecule has 0 saturated heterocycles. The molecule has 8 nitrogen and oxygen atoms in total. The number of fused-ring (bicyclic) bond motifs is 5. The van der Waals surface area contributed by atoms with Gasteiger partial charge in [-0.3, -0.25) is 4.79 Å². The Morgan fingerprint density at radius 3 is 2.66 bits per heavy atom. The number of para-hydroxylation sites is 2. The van der Waals surface area contributed by atoms with Crippen molar-refractivity contribution >= 4 is 69.1 Å². The summed E-state index contributed by atoms with van der Waals surface area (Å²) in [6, 6.07) is 12.9. The Bertz CT molecular complexity index is 1400. The number of hydrogen-bond donors (Lipinski definition) is 1. The number of thioether (sulfide) groups is 1. The molecule has 0 saturated carbocycles. The number of rotatable bonds is 4. The lowest BCUT2D eigenvalue weighted by Gasteiger charge is -2.05. The van der Waals surface area contributed by atoms with Crippen LogP contribution in [0, 0.1) is 0 Å². The number of halogens is 2. The minimum absolute atomic E-state index is 0.148. The van der Waals surface area contributed by atoms with E-state index in [1.165, 1.54) is 11.8 Å². The fourth-order valence-corrected chi connectivity index (χ4v) is 4.15. The zero-order valence-electron chi connectivity index (χ0n) is 15.0. The highest BCUT2D eigenvalue weighted by Crippen LogP contribution is 2.26. The van der Waals surface area contributed by atoms with Crippen LogP contribution < -0.4 is 5.32 Å². The largest absolute Gasteiger partial charge is 0.325 e. The third-order valence-electron chi connectivity index (χ3n) is 4.50. The van der Waals surface area contributed by atoms with Crippen LogP contribution in [0.15, 0.2) is 47.6 Å². The molecule has 5 rings (SSSR count). The fourth-order valence-electron chi connectivity index (χ4n) is 3.18. The zero-order chi connectivity index (χ0) is 20.1. The molecular weight excluding hydrogens is 433 g/mol. The topological polar surface area (TPSA) is 81.5 Å². The second-order valence-electron chi connectivity index (χ2n) is 6.34. The monoisotopic (exact) mass is 445 g/mol. The lowest BCUT2D eigenvalue weighted by atomic mass is 10.3. The number of nitrogens with zero attached hydrogens (tertiary/aromatic N) is 6. The maximum atomic E-state index is 12.3. The number of carbonyl (C=O) groups excluding carboxylic acids is 1. The van der Waals surface area contributed by atoms with Crippen LogP contribution in [-0.2, 0) is 11.8 Å². The smallest absolute Gasteiger partial charge is 0.260 e. The Morgan fingerprint density at radius 2 is 1.86 bits per heavy atom. The van der Waals surface area contributed by atoms with Crippen molar-refractivity contribution in [2.24, 2.45) is 7.05 Å². The van der Waals surface area contributed by atoms with E-state index in [0.717, 1.165) is 16.8 Å². The van der Waals surface area contributed by atoms with Crippen LogP contribution in [0.2, 0.25) is 10.0 Å². The summed E-state index contributed by atoms with van der Waals surface area (Å²) >= 11 is 13.1. The molecule has 0 atom stereocenters. The van der Waals surface area contributed by atoms with Gasteiger partial charge in [0, 0.05) is 12.7 Å². The van der Waals surface area contributed by atoms with Crippen LogP contribution in [0.3, 0.4) is 0 Å². The van der Waals surface area contributed by atoms with Crippen molar-refractivity contribution in [3.05, 3.63) is 52.5 Å². The molecule has 0 radical (unpaired) electrons. The summed E-state index contributed by atoms with van der Waals surface area (Å²) in [4.78, 5) is 12.3. The first kappa shape index (κ1) is 18.3. The second kappa shape index (κ2) is 6.94. The molecule has 0 fully saturated rings. The van der Waals surface area contributed by atoms with E-state index in [1.807, 2.05) is 40.3 Å². The zero-order valence-corrected chi connectivity index (χ0v) is 17.3. The second-order valence-corrected chi connectivity index (χ2v) is 8.10. The number of amides is 1. The quantitative estimate of drug-likeness (QED) is 0.424. The molecule has 0 aliphatic rings. The molecule has 1 amide bonds. The molecule has 0 bridgehead atoms. The predicted octanol–water partition coefficient (Wildman–Crippen LogP) is 3.91. The number of aromatic nitrogens is 6. The van der Waals surface area contributed by atoms with Crippen molar-refractivity contribution in [1.82, 2.24) is 28.8 Å². The molecule has 0 spiro atoms. The Kier molecular flexibility index (Phi) is 4.38. The van der Waals surface area contributed by atoms with Crippen molar-refractivity contribution in [1.29, 1.82) is 0 Å². The summed E-state index contributed by atoms with van der Waals surface area (Å²) in [6.45, 7) is 0. The van der Waals surface area contributed by atoms with Gasteiger partial charge in [0.2, 0.25) is 16.8 Å². The first-order valence-electron chi connectivity index (χ1n) is 8.58. The van der Waals surface area contributed by atoms with E-state index in [9.17, 15) is 4.79 Å². The van der Waals surface area contributed by atoms with E-state index in [2.05, 4.69) is 20.6 Å². The average Bonchev–Trinajstić information content (AvgIpc) is 3.35. The van der Waals surface area contributed by atoms with Gasteiger partial charge >= 0.3 is 0 Å². The summed E-state index contributed by atoms with van der Waals surface area (Å²) in [7, 11) is 1.95. The van der Waals surface area contributed by atoms with Crippen LogP contribution in [0.25, 0.3) is 22.6 Å². The lowest BCUT2D eigenvalue weighted by Crippen LogP contribution is -2.14. The van der Waals surface area contributed by atoms with Gasteiger partial charge in [-0.25, -0.2) is 4.40 Å². The van der Waals surface area contributed by atoms with Gasteiger partial charge < -0.3 is 9.88 Å². The molecule has 146 valence electrons. The number of imidazole rings is 1. The van der Waals surface area contributed by atoms with Gasteiger partial charge in [0.1, 0.15) is 0 Å². The maximum absolute atomic E-state index is 12.3. The normalized spacial score (nSPS) is 11.7. The van der Waals surface area contributed by atoms with E-state index < -0.39 is 0 Å². The van der Waals surface area contributed by atoms with Crippen molar-refractivity contribution in [2.45, 2.75) is 5.16 Å². The number of anilines is 1. The van der Waals surface area contributed by atoms with Gasteiger partial charge in [-0.2, -0.15) is 4.52 Å². The van der Waals surface area contributed by atoms with Crippen LogP contribution in [0.4, 0.5) is 5.69 Å². The summed E-state index contributed by atoms with van der Waals surface area (Å²) in [6.07, 6.45) is 0.